The first-order valence-corrected chi connectivity index (χ1v) is 6.59. The molecule has 3 aromatic rings. The van der Waals surface area contributed by atoms with Crippen LogP contribution in [0, 0.1) is 0 Å². The Bertz CT molecular complexity index is 735. The third-order valence-electron chi connectivity index (χ3n) is 3.38. The fraction of sp³-hybridized carbons (Fsp3) is 0.176. The summed E-state index contributed by atoms with van der Waals surface area (Å²) in [6.45, 7) is 0.644. The minimum Gasteiger partial charge on any atom is -0.507 e. The predicted molar refractivity (Wildman–Crippen MR) is 88.0 cm³/mol. The summed E-state index contributed by atoms with van der Waals surface area (Å²) in [5.41, 5.74) is 3.76. The number of fused-ring (bicyclic) bond motifs is 1. The molecular weight excluding hydrogens is 286 g/mol. The van der Waals surface area contributed by atoms with E-state index in [0.29, 0.717) is 6.54 Å². The van der Waals surface area contributed by atoms with Crippen molar-refractivity contribution in [3.63, 3.8) is 0 Å². The molecule has 1 heterocycles. The number of rotatable bonds is 3. The van der Waals surface area contributed by atoms with E-state index < -0.39 is 0 Å². The van der Waals surface area contributed by atoms with Gasteiger partial charge in [-0.2, -0.15) is 0 Å². The first-order valence-electron chi connectivity index (χ1n) is 6.59. The second kappa shape index (κ2) is 6.20. The monoisotopic (exact) mass is 303 g/mol. The Morgan fingerprint density at radius 2 is 1.76 bits per heavy atom. The van der Waals surface area contributed by atoms with Gasteiger partial charge in [-0.25, -0.2) is 0 Å². The maximum Gasteiger partial charge on any atom is 0.142 e. The zero-order chi connectivity index (χ0) is 14.1. The highest BCUT2D eigenvalue weighted by Gasteiger charge is 2.15. The first-order chi connectivity index (χ1) is 9.66. The van der Waals surface area contributed by atoms with Crippen LogP contribution in [0.25, 0.3) is 22.1 Å². The van der Waals surface area contributed by atoms with Gasteiger partial charge in [-0.3, -0.25) is 0 Å². The third kappa shape index (κ3) is 2.89. The molecular formula is C17H18ClNO2. The van der Waals surface area contributed by atoms with E-state index in [-0.39, 0.29) is 18.2 Å². The number of aromatic hydroxyl groups is 1. The van der Waals surface area contributed by atoms with Crippen LogP contribution in [-0.4, -0.2) is 24.1 Å². The maximum atomic E-state index is 10.1. The number of nitrogens with zero attached hydrogens (tertiary/aromatic N) is 1. The number of hydrogen-bond donors (Lipinski definition) is 1. The lowest BCUT2D eigenvalue weighted by molar-refractivity contribution is 0.384. The Morgan fingerprint density at radius 1 is 1.05 bits per heavy atom. The van der Waals surface area contributed by atoms with Gasteiger partial charge in [0.2, 0.25) is 0 Å². The van der Waals surface area contributed by atoms with Crippen LogP contribution in [0.15, 0.2) is 53.1 Å². The molecule has 0 amide bonds. The average molecular weight is 304 g/mol. The summed E-state index contributed by atoms with van der Waals surface area (Å²) in [6.07, 6.45) is 1.76. The van der Waals surface area contributed by atoms with Gasteiger partial charge in [0.25, 0.3) is 0 Å². The summed E-state index contributed by atoms with van der Waals surface area (Å²) in [4.78, 5) is 2.01. The van der Waals surface area contributed by atoms with Gasteiger partial charge in [0.1, 0.15) is 11.3 Å². The molecule has 0 saturated carbocycles. The highest BCUT2D eigenvalue weighted by molar-refractivity contribution is 5.96. The number of hydrogen-bond acceptors (Lipinski definition) is 3. The maximum absolute atomic E-state index is 10.1. The molecule has 4 heteroatoms. The van der Waals surface area contributed by atoms with E-state index in [2.05, 4.69) is 12.1 Å². The molecule has 1 N–H and O–H groups in total. The second-order valence-electron chi connectivity index (χ2n) is 5.19. The van der Waals surface area contributed by atoms with Crippen molar-refractivity contribution >= 4 is 23.4 Å². The summed E-state index contributed by atoms with van der Waals surface area (Å²) in [7, 11) is 3.94. The van der Waals surface area contributed by atoms with Crippen LogP contribution in [0.5, 0.6) is 5.75 Å². The van der Waals surface area contributed by atoms with E-state index in [4.69, 9.17) is 4.42 Å². The van der Waals surface area contributed by atoms with Crippen LogP contribution in [-0.2, 0) is 6.54 Å². The molecule has 0 saturated heterocycles. The molecule has 0 atom stereocenters. The molecule has 0 aliphatic heterocycles. The van der Waals surface area contributed by atoms with Crippen molar-refractivity contribution < 1.29 is 9.52 Å². The second-order valence-corrected chi connectivity index (χ2v) is 5.19. The van der Waals surface area contributed by atoms with Gasteiger partial charge in [-0.1, -0.05) is 30.3 Å². The number of benzene rings is 2. The molecule has 0 bridgehead atoms. The van der Waals surface area contributed by atoms with Crippen molar-refractivity contribution in [2.45, 2.75) is 6.54 Å². The summed E-state index contributed by atoms with van der Waals surface area (Å²) in [5.74, 6) is 0.278. The van der Waals surface area contributed by atoms with E-state index in [0.717, 1.165) is 27.7 Å². The van der Waals surface area contributed by atoms with E-state index in [1.807, 2.05) is 43.3 Å². The molecule has 0 radical (unpaired) electrons. The number of furan rings is 1. The fourth-order valence-corrected chi connectivity index (χ4v) is 2.46. The molecule has 3 nitrogen and oxygen atoms in total. The van der Waals surface area contributed by atoms with Crippen molar-refractivity contribution in [3.8, 4) is 16.9 Å². The molecule has 0 fully saturated rings. The van der Waals surface area contributed by atoms with Gasteiger partial charge >= 0.3 is 0 Å². The van der Waals surface area contributed by atoms with E-state index in [9.17, 15) is 5.11 Å². The van der Waals surface area contributed by atoms with Crippen molar-refractivity contribution in [1.29, 1.82) is 0 Å². The standard InChI is InChI=1S/C17H17NO2.ClH/c1-18(2)10-14-16(19)9-8-13-15(11-20-17(13)14)12-6-4-3-5-7-12;/h3-9,11,19H,10H2,1-2H3;1H. The fourth-order valence-electron chi connectivity index (χ4n) is 2.46. The molecule has 3 rings (SSSR count). The van der Waals surface area contributed by atoms with Gasteiger partial charge in [-0.05, 0) is 31.8 Å². The van der Waals surface area contributed by atoms with Crippen LogP contribution < -0.4 is 0 Å². The summed E-state index contributed by atoms with van der Waals surface area (Å²) in [6, 6.07) is 13.8. The summed E-state index contributed by atoms with van der Waals surface area (Å²) in [5, 5.41) is 11.1. The summed E-state index contributed by atoms with van der Waals surface area (Å²) < 4.78 is 5.73. The van der Waals surface area contributed by atoms with Crippen molar-refractivity contribution in [1.82, 2.24) is 4.90 Å². The molecule has 2 aromatic carbocycles. The van der Waals surface area contributed by atoms with Gasteiger partial charge < -0.3 is 14.4 Å². The quantitative estimate of drug-likeness (QED) is 0.784. The van der Waals surface area contributed by atoms with Gasteiger partial charge in [0, 0.05) is 17.5 Å². The number of phenols is 1. The van der Waals surface area contributed by atoms with Crippen molar-refractivity contribution in [2.24, 2.45) is 0 Å². The lowest BCUT2D eigenvalue weighted by atomic mass is 10.0. The number of phenolic OH excluding ortho intramolecular Hbond substituents is 1. The van der Waals surface area contributed by atoms with Crippen LogP contribution in [0.4, 0.5) is 0 Å². The highest BCUT2D eigenvalue weighted by atomic mass is 35.5. The van der Waals surface area contributed by atoms with E-state index in [1.54, 1.807) is 12.3 Å². The predicted octanol–water partition coefficient (Wildman–Crippen LogP) is 4.29. The first kappa shape index (κ1) is 15.4. The Hall–Kier alpha value is -1.97. The molecule has 0 aliphatic rings. The zero-order valence-corrected chi connectivity index (χ0v) is 12.9. The lowest BCUT2D eigenvalue weighted by Crippen LogP contribution is -2.10. The Kier molecular flexibility index (Phi) is 4.56. The molecule has 0 unspecified atom stereocenters. The molecule has 0 aliphatic carbocycles. The molecule has 110 valence electrons. The third-order valence-corrected chi connectivity index (χ3v) is 3.38. The van der Waals surface area contributed by atoms with Gasteiger partial charge in [0.05, 0.1) is 11.8 Å². The van der Waals surface area contributed by atoms with Crippen LogP contribution >= 0.6 is 12.4 Å². The van der Waals surface area contributed by atoms with Gasteiger partial charge in [0.15, 0.2) is 0 Å². The number of halogens is 1. The van der Waals surface area contributed by atoms with Crippen molar-refractivity contribution in [2.75, 3.05) is 14.1 Å². The van der Waals surface area contributed by atoms with Crippen molar-refractivity contribution in [3.05, 3.63) is 54.3 Å². The van der Waals surface area contributed by atoms with Crippen LogP contribution in [0.3, 0.4) is 0 Å². The van der Waals surface area contributed by atoms with E-state index >= 15 is 0 Å². The van der Waals surface area contributed by atoms with Crippen LogP contribution in [0.2, 0.25) is 0 Å². The highest BCUT2D eigenvalue weighted by Crippen LogP contribution is 2.36. The normalized spacial score (nSPS) is 10.8. The Balaban J connectivity index is 0.00000161. The van der Waals surface area contributed by atoms with Gasteiger partial charge in [-0.15, -0.1) is 12.4 Å². The minimum atomic E-state index is 0. The van der Waals surface area contributed by atoms with E-state index in [1.165, 1.54) is 0 Å². The molecule has 1 aromatic heterocycles. The largest absolute Gasteiger partial charge is 0.507 e. The Labute approximate surface area is 130 Å². The average Bonchev–Trinajstić information content (AvgIpc) is 2.87. The Morgan fingerprint density at radius 3 is 2.43 bits per heavy atom. The summed E-state index contributed by atoms with van der Waals surface area (Å²) >= 11 is 0. The molecule has 0 spiro atoms. The topological polar surface area (TPSA) is 36.6 Å². The van der Waals surface area contributed by atoms with Crippen LogP contribution in [0.1, 0.15) is 5.56 Å². The smallest absolute Gasteiger partial charge is 0.142 e. The zero-order valence-electron chi connectivity index (χ0n) is 12.0. The lowest BCUT2D eigenvalue weighted by Gasteiger charge is -2.11. The molecule has 21 heavy (non-hydrogen) atoms. The minimum absolute atomic E-state index is 0. The SMILES string of the molecule is CN(C)Cc1c(O)ccc2c(-c3ccccc3)coc12.Cl.